The highest BCUT2D eigenvalue weighted by molar-refractivity contribution is 6.33. The average molecular weight is 478 g/mol. The predicted octanol–water partition coefficient (Wildman–Crippen LogP) is 4.15. The smallest absolute Gasteiger partial charge is 0.339 e. The quantitative estimate of drug-likeness (QED) is 0.177. The van der Waals surface area contributed by atoms with Crippen LogP contribution in [0.15, 0.2) is 71.5 Å². The van der Waals surface area contributed by atoms with Crippen LogP contribution in [0.1, 0.15) is 37.7 Å². The van der Waals surface area contributed by atoms with Gasteiger partial charge in [0.1, 0.15) is 17.3 Å². The number of rotatable bonds is 6. The molecule has 0 aliphatic heterocycles. The van der Waals surface area contributed by atoms with Gasteiger partial charge in [0, 0.05) is 29.0 Å². The molecular formula is C24H16ClN3O6. The lowest BCUT2D eigenvalue weighted by Gasteiger charge is -2.10. The van der Waals surface area contributed by atoms with Crippen molar-refractivity contribution in [3.8, 4) is 0 Å². The van der Waals surface area contributed by atoms with Crippen LogP contribution in [-0.4, -0.2) is 26.1 Å². The molecule has 2 aromatic heterocycles. The van der Waals surface area contributed by atoms with Gasteiger partial charge in [0.15, 0.2) is 5.78 Å². The molecule has 0 spiro atoms. The third-order valence-corrected chi connectivity index (χ3v) is 5.40. The Morgan fingerprint density at radius 3 is 2.53 bits per heavy atom. The molecule has 4 rings (SSSR count). The SMILES string of the molecule is Cc1cccc2nc(COC(=O)c3ccccc3C(=O)c3ccc(Cl)c([N+](=O)[O-])c3)cc(=O)n12. The lowest BCUT2D eigenvalue weighted by Crippen LogP contribution is -2.19. The summed E-state index contributed by atoms with van der Waals surface area (Å²) in [5.74, 6) is -1.41. The van der Waals surface area contributed by atoms with Crippen molar-refractivity contribution in [2.75, 3.05) is 0 Å². The Balaban J connectivity index is 1.60. The minimum Gasteiger partial charge on any atom is -0.456 e. The second-order valence-corrected chi connectivity index (χ2v) is 7.73. The Bertz CT molecular complexity index is 1530. The first kappa shape index (κ1) is 22.8. The minimum absolute atomic E-state index is 0.00376. The van der Waals surface area contributed by atoms with Gasteiger partial charge >= 0.3 is 5.97 Å². The van der Waals surface area contributed by atoms with Gasteiger partial charge in [0.25, 0.3) is 11.2 Å². The fraction of sp³-hybridized carbons (Fsp3) is 0.0833. The van der Waals surface area contributed by atoms with E-state index in [1.807, 2.05) is 0 Å². The molecule has 4 aromatic rings. The summed E-state index contributed by atoms with van der Waals surface area (Å²) in [6, 6.07) is 16.1. The molecule has 0 aliphatic carbocycles. The molecule has 2 aromatic carbocycles. The highest BCUT2D eigenvalue weighted by atomic mass is 35.5. The third kappa shape index (κ3) is 4.41. The summed E-state index contributed by atoms with van der Waals surface area (Å²) in [6.45, 7) is 1.49. The maximum Gasteiger partial charge on any atom is 0.339 e. The maximum atomic E-state index is 13.0. The Hall–Kier alpha value is -4.37. The van der Waals surface area contributed by atoms with Crippen LogP contribution in [-0.2, 0) is 11.3 Å². The summed E-state index contributed by atoms with van der Waals surface area (Å²) in [7, 11) is 0. The van der Waals surface area contributed by atoms with Crippen LogP contribution in [0.4, 0.5) is 5.69 Å². The highest BCUT2D eigenvalue weighted by Gasteiger charge is 2.22. The number of carbonyl (C=O) groups is 2. The molecule has 9 nitrogen and oxygen atoms in total. The van der Waals surface area contributed by atoms with E-state index in [0.717, 1.165) is 6.07 Å². The fourth-order valence-corrected chi connectivity index (χ4v) is 3.65. The zero-order valence-corrected chi connectivity index (χ0v) is 18.5. The number of ether oxygens (including phenoxy) is 1. The first-order chi connectivity index (χ1) is 16.3. The first-order valence-electron chi connectivity index (χ1n) is 9.99. The first-order valence-corrected chi connectivity index (χ1v) is 10.4. The number of aromatic nitrogens is 2. The number of aryl methyl sites for hydroxylation is 1. The summed E-state index contributed by atoms with van der Waals surface area (Å²) in [4.78, 5) is 53.0. The molecule has 0 saturated heterocycles. The van der Waals surface area contributed by atoms with Gasteiger partial charge in [-0.15, -0.1) is 0 Å². The van der Waals surface area contributed by atoms with Crippen molar-refractivity contribution >= 4 is 34.7 Å². The maximum absolute atomic E-state index is 13.0. The number of ketones is 1. The van der Waals surface area contributed by atoms with Crippen molar-refractivity contribution in [3.63, 3.8) is 0 Å². The van der Waals surface area contributed by atoms with Crippen LogP contribution in [0.3, 0.4) is 0 Å². The van der Waals surface area contributed by atoms with E-state index in [4.69, 9.17) is 16.3 Å². The summed E-state index contributed by atoms with van der Waals surface area (Å²) in [5, 5.41) is 11.1. The molecule has 0 amide bonds. The van der Waals surface area contributed by atoms with E-state index < -0.39 is 22.4 Å². The van der Waals surface area contributed by atoms with E-state index in [1.54, 1.807) is 37.3 Å². The molecule has 2 heterocycles. The molecule has 0 unspecified atom stereocenters. The summed E-state index contributed by atoms with van der Waals surface area (Å²) >= 11 is 5.82. The topological polar surface area (TPSA) is 121 Å². The molecule has 0 bridgehead atoms. The molecule has 0 atom stereocenters. The third-order valence-electron chi connectivity index (χ3n) is 5.08. The lowest BCUT2D eigenvalue weighted by molar-refractivity contribution is -0.384. The standard InChI is InChI=1S/C24H16ClN3O6/c1-14-5-4-8-21-26-16(12-22(29)27(14)21)13-34-24(31)18-7-3-2-6-17(18)23(30)15-9-10-19(25)20(11-15)28(32)33/h2-12H,13H2,1H3. The Kier molecular flexibility index (Phi) is 6.20. The number of nitro groups is 1. The number of nitro benzene ring substituents is 1. The Morgan fingerprint density at radius 2 is 1.79 bits per heavy atom. The van der Waals surface area contributed by atoms with Crippen LogP contribution in [0.25, 0.3) is 5.65 Å². The monoisotopic (exact) mass is 477 g/mol. The number of benzene rings is 2. The van der Waals surface area contributed by atoms with E-state index in [9.17, 15) is 24.5 Å². The number of carbonyl (C=O) groups excluding carboxylic acids is 2. The summed E-state index contributed by atoms with van der Waals surface area (Å²) < 4.78 is 6.76. The molecular weight excluding hydrogens is 462 g/mol. The molecule has 0 radical (unpaired) electrons. The van der Waals surface area contributed by atoms with Gasteiger partial charge in [-0.25, -0.2) is 9.78 Å². The second kappa shape index (κ2) is 9.24. The van der Waals surface area contributed by atoms with Gasteiger partial charge < -0.3 is 4.74 Å². The number of nitrogens with zero attached hydrogens (tertiary/aromatic N) is 3. The molecule has 0 N–H and O–H groups in total. The predicted molar refractivity (Wildman–Crippen MR) is 123 cm³/mol. The lowest BCUT2D eigenvalue weighted by atomic mass is 9.98. The number of pyridine rings is 1. The number of esters is 1. The normalized spacial score (nSPS) is 10.8. The van der Waals surface area contributed by atoms with E-state index in [2.05, 4.69) is 4.98 Å². The van der Waals surface area contributed by atoms with Gasteiger partial charge in [-0.1, -0.05) is 35.9 Å². The van der Waals surface area contributed by atoms with E-state index in [1.165, 1.54) is 34.7 Å². The van der Waals surface area contributed by atoms with Crippen molar-refractivity contribution in [1.82, 2.24) is 9.38 Å². The average Bonchev–Trinajstić information content (AvgIpc) is 2.82. The van der Waals surface area contributed by atoms with Gasteiger partial charge in [0.05, 0.1) is 16.2 Å². The van der Waals surface area contributed by atoms with Crippen molar-refractivity contribution in [2.45, 2.75) is 13.5 Å². The van der Waals surface area contributed by atoms with Crippen LogP contribution in [0.2, 0.25) is 5.02 Å². The number of hydrogen-bond donors (Lipinski definition) is 0. The Labute approximate surface area is 197 Å². The zero-order valence-electron chi connectivity index (χ0n) is 17.7. The molecule has 0 aliphatic rings. The fourth-order valence-electron chi connectivity index (χ4n) is 3.46. The van der Waals surface area contributed by atoms with E-state index in [-0.39, 0.29) is 39.6 Å². The van der Waals surface area contributed by atoms with Gasteiger partial charge in [-0.3, -0.25) is 24.1 Å². The van der Waals surface area contributed by atoms with Gasteiger partial charge in [0.2, 0.25) is 0 Å². The highest BCUT2D eigenvalue weighted by Crippen LogP contribution is 2.27. The Morgan fingerprint density at radius 1 is 1.06 bits per heavy atom. The summed E-state index contributed by atoms with van der Waals surface area (Å²) in [6.07, 6.45) is 0. The van der Waals surface area contributed by atoms with Crippen molar-refractivity contribution in [1.29, 1.82) is 0 Å². The van der Waals surface area contributed by atoms with Crippen molar-refractivity contribution < 1.29 is 19.2 Å². The van der Waals surface area contributed by atoms with Crippen molar-refractivity contribution in [3.05, 3.63) is 120 Å². The van der Waals surface area contributed by atoms with Crippen LogP contribution in [0.5, 0.6) is 0 Å². The molecule has 170 valence electrons. The minimum atomic E-state index is -0.807. The number of fused-ring (bicyclic) bond motifs is 1. The van der Waals surface area contributed by atoms with Gasteiger partial charge in [-0.2, -0.15) is 0 Å². The van der Waals surface area contributed by atoms with E-state index in [0.29, 0.717) is 11.3 Å². The summed E-state index contributed by atoms with van der Waals surface area (Å²) in [5.41, 5.74) is 0.624. The molecule has 0 saturated carbocycles. The van der Waals surface area contributed by atoms with E-state index >= 15 is 0 Å². The molecule has 10 heteroatoms. The largest absolute Gasteiger partial charge is 0.456 e. The molecule has 34 heavy (non-hydrogen) atoms. The van der Waals surface area contributed by atoms with Crippen LogP contribution >= 0.6 is 11.6 Å². The number of halogens is 1. The van der Waals surface area contributed by atoms with Crippen LogP contribution < -0.4 is 5.56 Å². The second-order valence-electron chi connectivity index (χ2n) is 7.32. The zero-order chi connectivity index (χ0) is 24.4. The molecule has 0 fully saturated rings. The van der Waals surface area contributed by atoms with Gasteiger partial charge in [-0.05, 0) is 37.3 Å². The van der Waals surface area contributed by atoms with Crippen LogP contribution in [0, 0.1) is 17.0 Å². The number of hydrogen-bond acceptors (Lipinski definition) is 7. The van der Waals surface area contributed by atoms with Crippen molar-refractivity contribution in [2.24, 2.45) is 0 Å².